The summed E-state index contributed by atoms with van der Waals surface area (Å²) in [6.07, 6.45) is 4.34. The third-order valence-electron chi connectivity index (χ3n) is 3.03. The number of hydrogen-bond donors (Lipinski definition) is 1. The molecule has 1 saturated carbocycles. The van der Waals surface area contributed by atoms with Crippen LogP contribution in [0.2, 0.25) is 0 Å². The summed E-state index contributed by atoms with van der Waals surface area (Å²) >= 11 is 0. The molecule has 0 radical (unpaired) electrons. The van der Waals surface area contributed by atoms with Gasteiger partial charge in [0.15, 0.2) is 0 Å². The molecule has 1 saturated heterocycles. The minimum absolute atomic E-state index is 0.390. The number of rotatable bonds is 3. The first-order valence-electron chi connectivity index (χ1n) is 4.71. The van der Waals surface area contributed by atoms with Crippen LogP contribution in [-0.4, -0.2) is 36.2 Å². The Bertz CT molecular complexity index is 128. The van der Waals surface area contributed by atoms with Gasteiger partial charge < -0.3 is 10.0 Å². The molecule has 0 aromatic carbocycles. The normalized spacial score (nSPS) is 28.1. The second kappa shape index (κ2) is 3.11. The summed E-state index contributed by atoms with van der Waals surface area (Å²) in [5.41, 5.74) is 0. The molecule has 2 heteroatoms. The van der Waals surface area contributed by atoms with Crippen LogP contribution in [0.3, 0.4) is 0 Å². The predicted octanol–water partition coefficient (Wildman–Crippen LogP) is 0.711. The fraction of sp³-hybridized carbons (Fsp3) is 1.00. The zero-order valence-electron chi connectivity index (χ0n) is 7.00. The molecular weight excluding hydrogens is 138 g/mol. The molecule has 0 unspecified atom stereocenters. The van der Waals surface area contributed by atoms with Gasteiger partial charge in [-0.05, 0) is 18.8 Å². The number of aliphatic hydroxyl groups is 1. The summed E-state index contributed by atoms with van der Waals surface area (Å²) in [5.74, 6) is 1.59. The van der Waals surface area contributed by atoms with Crippen LogP contribution in [-0.2, 0) is 0 Å². The Kier molecular flexibility index (Phi) is 2.14. The van der Waals surface area contributed by atoms with E-state index < -0.39 is 0 Å². The van der Waals surface area contributed by atoms with Crippen LogP contribution in [0.5, 0.6) is 0 Å². The summed E-state index contributed by atoms with van der Waals surface area (Å²) in [7, 11) is 0. The van der Waals surface area contributed by atoms with E-state index in [1.807, 2.05) is 0 Å². The molecular formula is C9H17NO. The van der Waals surface area contributed by atoms with Crippen LogP contribution in [0.15, 0.2) is 0 Å². The Morgan fingerprint density at radius 3 is 2.36 bits per heavy atom. The quantitative estimate of drug-likeness (QED) is 0.649. The van der Waals surface area contributed by atoms with E-state index in [2.05, 4.69) is 4.90 Å². The molecule has 1 heterocycles. The Morgan fingerprint density at radius 1 is 1.18 bits per heavy atom. The molecule has 0 bridgehead atoms. The number of aliphatic hydroxyl groups excluding tert-OH is 1. The number of nitrogens with zero attached hydrogens (tertiary/aromatic N) is 1. The van der Waals surface area contributed by atoms with Crippen molar-refractivity contribution >= 4 is 0 Å². The topological polar surface area (TPSA) is 23.5 Å². The Morgan fingerprint density at radius 2 is 1.91 bits per heavy atom. The molecule has 11 heavy (non-hydrogen) atoms. The zero-order valence-corrected chi connectivity index (χ0v) is 7.00. The molecule has 0 spiro atoms. The minimum atomic E-state index is 0.390. The van der Waals surface area contributed by atoms with Gasteiger partial charge in [-0.25, -0.2) is 0 Å². The van der Waals surface area contributed by atoms with Crippen molar-refractivity contribution in [3.05, 3.63) is 0 Å². The highest BCUT2D eigenvalue weighted by Crippen LogP contribution is 2.29. The maximum absolute atomic E-state index is 8.78. The Balaban J connectivity index is 1.59. The van der Waals surface area contributed by atoms with E-state index in [0.29, 0.717) is 12.5 Å². The maximum Gasteiger partial charge on any atom is 0.0483 e. The molecule has 64 valence electrons. The van der Waals surface area contributed by atoms with Gasteiger partial charge in [0.2, 0.25) is 0 Å². The second-order valence-electron chi connectivity index (χ2n) is 4.06. The molecule has 0 aromatic heterocycles. The smallest absolute Gasteiger partial charge is 0.0483 e. The Labute approximate surface area is 68.2 Å². The monoisotopic (exact) mass is 155 g/mol. The summed E-state index contributed by atoms with van der Waals surface area (Å²) < 4.78 is 0. The van der Waals surface area contributed by atoms with Crippen LogP contribution in [0, 0.1) is 11.8 Å². The van der Waals surface area contributed by atoms with E-state index >= 15 is 0 Å². The molecule has 1 aliphatic carbocycles. The molecule has 2 aliphatic rings. The fourth-order valence-corrected chi connectivity index (χ4v) is 1.98. The van der Waals surface area contributed by atoms with Gasteiger partial charge in [-0.15, -0.1) is 0 Å². The minimum Gasteiger partial charge on any atom is -0.396 e. The molecule has 0 aromatic rings. The Hall–Kier alpha value is -0.0800. The molecule has 0 atom stereocenters. The van der Waals surface area contributed by atoms with Crippen molar-refractivity contribution in [2.75, 3.05) is 26.2 Å². The van der Waals surface area contributed by atoms with Crippen molar-refractivity contribution in [2.45, 2.75) is 19.3 Å². The SMILES string of the molecule is OCC1CN(CC2CCC2)C1. The van der Waals surface area contributed by atoms with Crippen LogP contribution in [0.25, 0.3) is 0 Å². The van der Waals surface area contributed by atoms with Gasteiger partial charge in [-0.2, -0.15) is 0 Å². The molecule has 2 nitrogen and oxygen atoms in total. The van der Waals surface area contributed by atoms with Gasteiger partial charge >= 0.3 is 0 Å². The first-order chi connectivity index (χ1) is 5.38. The average molecular weight is 155 g/mol. The van der Waals surface area contributed by atoms with Crippen molar-refractivity contribution in [3.8, 4) is 0 Å². The molecule has 2 fully saturated rings. The fourth-order valence-electron chi connectivity index (χ4n) is 1.98. The number of likely N-dealkylation sites (tertiary alicyclic amines) is 1. The van der Waals surface area contributed by atoms with E-state index in [1.54, 1.807) is 0 Å². The van der Waals surface area contributed by atoms with E-state index in [4.69, 9.17) is 5.11 Å². The lowest BCUT2D eigenvalue weighted by Crippen LogP contribution is -2.50. The highest BCUT2D eigenvalue weighted by molar-refractivity contribution is 4.83. The van der Waals surface area contributed by atoms with Crippen molar-refractivity contribution in [1.82, 2.24) is 4.90 Å². The lowest BCUT2D eigenvalue weighted by molar-refractivity contribution is 0.0306. The first-order valence-corrected chi connectivity index (χ1v) is 4.71. The first kappa shape index (κ1) is 7.56. The van der Waals surface area contributed by atoms with Crippen molar-refractivity contribution < 1.29 is 5.11 Å². The highest BCUT2D eigenvalue weighted by atomic mass is 16.3. The summed E-state index contributed by atoms with van der Waals surface area (Å²) in [4.78, 5) is 2.48. The van der Waals surface area contributed by atoms with Crippen LogP contribution < -0.4 is 0 Å². The molecule has 2 rings (SSSR count). The molecule has 0 amide bonds. The third kappa shape index (κ3) is 1.57. The maximum atomic E-state index is 8.78. The third-order valence-corrected chi connectivity index (χ3v) is 3.03. The number of hydrogen-bond acceptors (Lipinski definition) is 2. The zero-order chi connectivity index (χ0) is 7.68. The summed E-state index contributed by atoms with van der Waals surface area (Å²) in [5, 5.41) is 8.78. The molecule has 1 N–H and O–H groups in total. The van der Waals surface area contributed by atoms with Gasteiger partial charge in [-0.1, -0.05) is 6.42 Å². The van der Waals surface area contributed by atoms with Crippen LogP contribution >= 0.6 is 0 Å². The molecule has 1 aliphatic heterocycles. The van der Waals surface area contributed by atoms with Gasteiger partial charge in [0, 0.05) is 32.2 Å². The predicted molar refractivity (Wildman–Crippen MR) is 44.4 cm³/mol. The van der Waals surface area contributed by atoms with Crippen molar-refractivity contribution in [2.24, 2.45) is 11.8 Å². The largest absolute Gasteiger partial charge is 0.396 e. The highest BCUT2D eigenvalue weighted by Gasteiger charge is 2.29. The lowest BCUT2D eigenvalue weighted by Gasteiger charge is -2.42. The van der Waals surface area contributed by atoms with Gasteiger partial charge in [0.25, 0.3) is 0 Å². The lowest BCUT2D eigenvalue weighted by atomic mass is 9.84. The summed E-state index contributed by atoms with van der Waals surface area (Å²) in [6, 6.07) is 0. The van der Waals surface area contributed by atoms with Crippen LogP contribution in [0.4, 0.5) is 0 Å². The van der Waals surface area contributed by atoms with Crippen molar-refractivity contribution in [3.63, 3.8) is 0 Å². The van der Waals surface area contributed by atoms with Crippen LogP contribution in [0.1, 0.15) is 19.3 Å². The second-order valence-corrected chi connectivity index (χ2v) is 4.06. The average Bonchev–Trinajstić information content (AvgIpc) is 1.81. The van der Waals surface area contributed by atoms with Gasteiger partial charge in [-0.3, -0.25) is 0 Å². The van der Waals surface area contributed by atoms with E-state index in [-0.39, 0.29) is 0 Å². The van der Waals surface area contributed by atoms with E-state index in [9.17, 15) is 0 Å². The standard InChI is InChI=1S/C9H17NO/c11-7-9-5-10(6-9)4-8-2-1-3-8/h8-9,11H,1-7H2. The van der Waals surface area contributed by atoms with E-state index in [0.717, 1.165) is 19.0 Å². The van der Waals surface area contributed by atoms with Gasteiger partial charge in [0.05, 0.1) is 0 Å². The van der Waals surface area contributed by atoms with E-state index in [1.165, 1.54) is 25.8 Å². The van der Waals surface area contributed by atoms with Gasteiger partial charge in [0.1, 0.15) is 0 Å². The van der Waals surface area contributed by atoms with Crippen molar-refractivity contribution in [1.29, 1.82) is 0 Å². The summed E-state index contributed by atoms with van der Waals surface area (Å²) in [6.45, 7) is 3.98.